The summed E-state index contributed by atoms with van der Waals surface area (Å²) in [7, 11) is 0. The lowest BCUT2D eigenvalue weighted by atomic mass is 9.75. The molecule has 1 atom stereocenters. The minimum absolute atomic E-state index is 0.0132. The van der Waals surface area contributed by atoms with Crippen molar-refractivity contribution in [2.75, 3.05) is 10.6 Å². The third-order valence-electron chi connectivity index (χ3n) is 7.16. The van der Waals surface area contributed by atoms with Crippen LogP contribution in [0.1, 0.15) is 36.8 Å². The first-order chi connectivity index (χ1) is 17.4. The number of anilines is 2. The van der Waals surface area contributed by atoms with Gasteiger partial charge < -0.3 is 10.6 Å². The summed E-state index contributed by atoms with van der Waals surface area (Å²) < 4.78 is 28.4. The largest absolute Gasteiger partial charge is 0.357 e. The standard InChI is InChI=1S/C27H25ClF2N4O2/c28-20-12-10-19(11-13-20)27(31-23-14-21(29)22(30)15-24(23)32-27)25(18-8-4-5-9-18)26(35)34(33-36)16-17-6-2-1-3-7-17/h1-3,6-7,10-15,18,25,31-32H,4-5,8-9,16H2. The van der Waals surface area contributed by atoms with Crippen LogP contribution in [0, 0.1) is 28.4 Å². The van der Waals surface area contributed by atoms with E-state index in [0.29, 0.717) is 22.0 Å². The second-order valence-corrected chi connectivity index (χ2v) is 9.80. The maximum absolute atomic E-state index is 14.2. The summed E-state index contributed by atoms with van der Waals surface area (Å²) in [5.41, 5.74) is 0.788. The summed E-state index contributed by atoms with van der Waals surface area (Å²) in [6.45, 7) is 0.0132. The van der Waals surface area contributed by atoms with Gasteiger partial charge in [0.05, 0.1) is 29.1 Å². The molecule has 3 aromatic rings. The molecule has 0 radical (unpaired) electrons. The van der Waals surface area contributed by atoms with Gasteiger partial charge in [0, 0.05) is 17.2 Å². The number of fused-ring (bicyclic) bond motifs is 1. The fourth-order valence-corrected chi connectivity index (χ4v) is 5.62. The lowest BCUT2D eigenvalue weighted by Crippen LogP contribution is -2.54. The van der Waals surface area contributed by atoms with Crippen molar-refractivity contribution in [2.24, 2.45) is 17.1 Å². The summed E-state index contributed by atoms with van der Waals surface area (Å²) in [4.78, 5) is 26.1. The van der Waals surface area contributed by atoms with Crippen LogP contribution in [0.4, 0.5) is 20.2 Å². The second-order valence-electron chi connectivity index (χ2n) is 9.36. The van der Waals surface area contributed by atoms with Crippen LogP contribution in [-0.4, -0.2) is 10.9 Å². The molecule has 0 aromatic heterocycles. The molecule has 0 saturated heterocycles. The molecule has 186 valence electrons. The first kappa shape index (κ1) is 24.2. The van der Waals surface area contributed by atoms with Crippen LogP contribution in [-0.2, 0) is 17.0 Å². The van der Waals surface area contributed by atoms with Crippen LogP contribution in [0.3, 0.4) is 0 Å². The van der Waals surface area contributed by atoms with Crippen LogP contribution in [0.15, 0.2) is 72.0 Å². The number of carbonyl (C=O) groups is 1. The molecule has 2 aliphatic rings. The van der Waals surface area contributed by atoms with Gasteiger partial charge in [-0.25, -0.2) is 8.78 Å². The van der Waals surface area contributed by atoms with E-state index in [4.69, 9.17) is 11.6 Å². The van der Waals surface area contributed by atoms with Gasteiger partial charge in [-0.3, -0.25) is 4.79 Å². The molecule has 1 aliphatic heterocycles. The van der Waals surface area contributed by atoms with E-state index in [2.05, 4.69) is 15.9 Å². The summed E-state index contributed by atoms with van der Waals surface area (Å²) in [6.07, 6.45) is 3.42. The fourth-order valence-electron chi connectivity index (χ4n) is 5.50. The predicted octanol–water partition coefficient (Wildman–Crippen LogP) is 6.83. The quantitative estimate of drug-likeness (QED) is 0.270. The van der Waals surface area contributed by atoms with Crippen LogP contribution >= 0.6 is 11.6 Å². The average Bonchev–Trinajstić information content (AvgIpc) is 3.53. The number of amides is 1. The molecule has 1 amide bonds. The van der Waals surface area contributed by atoms with Crippen molar-refractivity contribution in [3.63, 3.8) is 0 Å². The smallest absolute Gasteiger partial charge is 0.253 e. The highest BCUT2D eigenvalue weighted by atomic mass is 35.5. The lowest BCUT2D eigenvalue weighted by Gasteiger charge is -2.42. The van der Waals surface area contributed by atoms with Crippen molar-refractivity contribution in [1.29, 1.82) is 0 Å². The van der Waals surface area contributed by atoms with Gasteiger partial charge in [0.25, 0.3) is 5.91 Å². The molecule has 5 rings (SSSR count). The van der Waals surface area contributed by atoms with E-state index < -0.39 is 29.1 Å². The molecule has 3 aromatic carbocycles. The molecule has 36 heavy (non-hydrogen) atoms. The average molecular weight is 511 g/mol. The third-order valence-corrected chi connectivity index (χ3v) is 7.41. The number of benzene rings is 3. The zero-order chi connectivity index (χ0) is 25.3. The van der Waals surface area contributed by atoms with E-state index in [9.17, 15) is 18.5 Å². The van der Waals surface area contributed by atoms with Crippen molar-refractivity contribution in [3.8, 4) is 0 Å². The summed E-state index contributed by atoms with van der Waals surface area (Å²) in [5, 5.41) is 11.2. The highest BCUT2D eigenvalue weighted by Gasteiger charge is 2.53. The Balaban J connectivity index is 1.62. The van der Waals surface area contributed by atoms with Gasteiger partial charge in [0.15, 0.2) is 11.6 Å². The lowest BCUT2D eigenvalue weighted by molar-refractivity contribution is -0.140. The number of nitrogens with one attached hydrogen (secondary N) is 2. The number of halogens is 3. The van der Waals surface area contributed by atoms with Gasteiger partial charge in [-0.2, -0.15) is 5.01 Å². The SMILES string of the molecule is O=NN(Cc1ccccc1)C(=O)C(C1CCCC1)C1(c2ccc(Cl)cc2)Nc2cc(F)c(F)cc2N1. The Morgan fingerprint density at radius 1 is 1.00 bits per heavy atom. The van der Waals surface area contributed by atoms with E-state index in [1.165, 1.54) is 0 Å². The topological polar surface area (TPSA) is 73.8 Å². The molecule has 2 N–H and O–H groups in total. The van der Waals surface area contributed by atoms with Crippen LogP contribution in [0.2, 0.25) is 5.02 Å². The molecule has 1 unspecified atom stereocenters. The van der Waals surface area contributed by atoms with E-state index in [-0.39, 0.29) is 12.5 Å². The van der Waals surface area contributed by atoms with Gasteiger partial charge in [0.2, 0.25) is 0 Å². The van der Waals surface area contributed by atoms with Crippen LogP contribution in [0.5, 0.6) is 0 Å². The fraction of sp³-hybridized carbons (Fsp3) is 0.296. The summed E-state index contributed by atoms with van der Waals surface area (Å²) in [6, 6.07) is 18.2. The summed E-state index contributed by atoms with van der Waals surface area (Å²) >= 11 is 6.16. The molecule has 6 nitrogen and oxygen atoms in total. The van der Waals surface area contributed by atoms with Crippen LogP contribution < -0.4 is 10.6 Å². The number of nitrogens with zero attached hydrogens (tertiary/aromatic N) is 2. The monoisotopic (exact) mass is 510 g/mol. The highest BCUT2D eigenvalue weighted by Crippen LogP contribution is 2.50. The Morgan fingerprint density at radius 2 is 1.58 bits per heavy atom. The zero-order valence-electron chi connectivity index (χ0n) is 19.4. The van der Waals surface area contributed by atoms with Crippen molar-refractivity contribution in [3.05, 3.63) is 99.4 Å². The maximum atomic E-state index is 14.2. The Kier molecular flexibility index (Phi) is 6.62. The molecule has 0 spiro atoms. The number of rotatable bonds is 7. The Morgan fingerprint density at radius 3 is 2.14 bits per heavy atom. The minimum atomic E-state index is -1.28. The van der Waals surface area contributed by atoms with Crippen molar-refractivity contribution >= 4 is 28.9 Å². The normalized spacial score (nSPS) is 17.1. The first-order valence-corrected chi connectivity index (χ1v) is 12.3. The highest BCUT2D eigenvalue weighted by molar-refractivity contribution is 6.30. The number of nitroso groups, excluding NO2 is 1. The van der Waals surface area contributed by atoms with Gasteiger partial charge in [0.1, 0.15) is 5.66 Å². The molecular weight excluding hydrogens is 486 g/mol. The molecular formula is C27H25ClF2N4O2. The Hall–Kier alpha value is -3.52. The summed E-state index contributed by atoms with van der Waals surface area (Å²) in [5.74, 6) is -3.37. The minimum Gasteiger partial charge on any atom is -0.357 e. The van der Waals surface area contributed by atoms with Crippen molar-refractivity contribution in [1.82, 2.24) is 5.01 Å². The number of hydrogen-bond donors (Lipinski definition) is 2. The van der Waals surface area contributed by atoms with Gasteiger partial charge in [-0.05, 0) is 42.0 Å². The first-order valence-electron chi connectivity index (χ1n) is 11.9. The molecule has 1 aliphatic carbocycles. The van der Waals surface area contributed by atoms with Gasteiger partial charge in [-0.15, -0.1) is 4.91 Å². The Bertz CT molecular complexity index is 1240. The van der Waals surface area contributed by atoms with Gasteiger partial charge >= 0.3 is 0 Å². The third kappa shape index (κ3) is 4.41. The Labute approximate surface area is 212 Å². The number of carbonyl (C=O) groups excluding carboxylic acids is 1. The van der Waals surface area contributed by atoms with Crippen molar-refractivity contribution < 1.29 is 13.6 Å². The molecule has 1 saturated carbocycles. The van der Waals surface area contributed by atoms with E-state index in [1.54, 1.807) is 24.3 Å². The van der Waals surface area contributed by atoms with E-state index in [0.717, 1.165) is 48.4 Å². The van der Waals surface area contributed by atoms with Crippen LogP contribution in [0.25, 0.3) is 0 Å². The zero-order valence-corrected chi connectivity index (χ0v) is 20.1. The number of hydrogen-bond acceptors (Lipinski definition) is 5. The van der Waals surface area contributed by atoms with E-state index >= 15 is 0 Å². The van der Waals surface area contributed by atoms with E-state index in [1.807, 2.05) is 30.3 Å². The molecule has 9 heteroatoms. The van der Waals surface area contributed by atoms with Gasteiger partial charge in [-0.1, -0.05) is 66.9 Å². The molecule has 1 heterocycles. The molecule has 0 bridgehead atoms. The second kappa shape index (κ2) is 9.85. The predicted molar refractivity (Wildman–Crippen MR) is 135 cm³/mol. The maximum Gasteiger partial charge on any atom is 0.253 e. The molecule has 1 fully saturated rings. The van der Waals surface area contributed by atoms with Crippen molar-refractivity contribution in [2.45, 2.75) is 37.9 Å².